The minimum Gasteiger partial charge on any atom is -0.449 e. The molecule has 0 spiro atoms. The summed E-state index contributed by atoms with van der Waals surface area (Å²) in [7, 11) is 0. The Bertz CT molecular complexity index is 528. The first-order chi connectivity index (χ1) is 10.1. The lowest BCUT2D eigenvalue weighted by Crippen LogP contribution is -2.42. The third-order valence-corrected chi connectivity index (χ3v) is 3.76. The predicted octanol–water partition coefficient (Wildman–Crippen LogP) is 2.37. The van der Waals surface area contributed by atoms with Gasteiger partial charge in [-0.05, 0) is 42.7 Å². The van der Waals surface area contributed by atoms with E-state index in [1.165, 1.54) is 0 Å². The van der Waals surface area contributed by atoms with Crippen LogP contribution in [-0.2, 0) is 9.53 Å². The van der Waals surface area contributed by atoms with Crippen LogP contribution in [0.4, 0.5) is 0 Å². The fourth-order valence-electron chi connectivity index (χ4n) is 1.53. The van der Waals surface area contributed by atoms with Crippen molar-refractivity contribution in [1.29, 1.82) is 5.26 Å². The van der Waals surface area contributed by atoms with Crippen LogP contribution in [-0.4, -0.2) is 36.5 Å². The van der Waals surface area contributed by atoms with Gasteiger partial charge < -0.3 is 10.1 Å². The first-order valence-corrected chi connectivity index (χ1v) is 8.36. The first kappa shape index (κ1) is 17.5. The second-order valence-corrected chi connectivity index (χ2v) is 5.98. The van der Waals surface area contributed by atoms with Crippen LogP contribution in [0.1, 0.15) is 16.8 Å². The van der Waals surface area contributed by atoms with E-state index in [0.29, 0.717) is 17.7 Å². The Labute approximate surface area is 136 Å². The monoisotopic (exact) mass is 370 g/mol. The van der Waals surface area contributed by atoms with Gasteiger partial charge in [0.15, 0.2) is 6.61 Å². The number of thioether (sulfide) groups is 1. The summed E-state index contributed by atoms with van der Waals surface area (Å²) in [6, 6.07) is 7.80. The summed E-state index contributed by atoms with van der Waals surface area (Å²) in [5.74, 6) is -0.231. The average Bonchev–Trinajstić information content (AvgIpc) is 2.49. The molecule has 0 unspecified atom stereocenters. The summed E-state index contributed by atoms with van der Waals surface area (Å²) in [6.07, 6.45) is 2.36. The molecule has 1 atom stereocenters. The van der Waals surface area contributed by atoms with Gasteiger partial charge in [0.2, 0.25) is 0 Å². The first-order valence-electron chi connectivity index (χ1n) is 6.17. The summed E-state index contributed by atoms with van der Waals surface area (Å²) >= 11 is 4.86. The van der Waals surface area contributed by atoms with E-state index in [4.69, 9.17) is 10.00 Å². The summed E-state index contributed by atoms with van der Waals surface area (Å²) in [4.78, 5) is 23.9. The Balaban J connectivity index is 2.70. The van der Waals surface area contributed by atoms with E-state index in [-0.39, 0.29) is 12.5 Å². The third kappa shape index (κ3) is 6.19. The highest BCUT2D eigenvalue weighted by molar-refractivity contribution is 9.10. The molecule has 0 saturated carbocycles. The van der Waals surface area contributed by atoms with E-state index in [1.807, 2.05) is 6.26 Å². The van der Waals surface area contributed by atoms with Crippen LogP contribution >= 0.6 is 27.7 Å². The van der Waals surface area contributed by atoms with Gasteiger partial charge >= 0.3 is 5.97 Å². The molecule has 0 radical (unpaired) electrons. The number of nitrogens with one attached hydrogen (secondary N) is 1. The van der Waals surface area contributed by atoms with Crippen molar-refractivity contribution in [3.63, 3.8) is 0 Å². The van der Waals surface area contributed by atoms with Crippen LogP contribution in [0.3, 0.4) is 0 Å². The molecular weight excluding hydrogens is 356 g/mol. The maximum atomic E-state index is 12.1. The molecule has 5 nitrogen and oxygen atoms in total. The van der Waals surface area contributed by atoms with Gasteiger partial charge in [0.25, 0.3) is 5.91 Å². The highest BCUT2D eigenvalue weighted by atomic mass is 79.9. The van der Waals surface area contributed by atoms with Gasteiger partial charge in [-0.1, -0.05) is 15.9 Å². The van der Waals surface area contributed by atoms with Gasteiger partial charge in [-0.2, -0.15) is 17.0 Å². The van der Waals surface area contributed by atoms with Crippen molar-refractivity contribution in [2.75, 3.05) is 18.6 Å². The summed E-state index contributed by atoms with van der Waals surface area (Å²) in [6.45, 7) is -0.317. The SMILES string of the molecule is CSCC[C@@H](NC(=O)c1ccc(Br)cc1)C(=O)OCC#N. The number of amides is 1. The molecule has 7 heteroatoms. The van der Waals surface area contributed by atoms with E-state index < -0.39 is 12.0 Å². The zero-order valence-electron chi connectivity index (χ0n) is 11.5. The maximum Gasteiger partial charge on any atom is 0.329 e. The van der Waals surface area contributed by atoms with Crippen molar-refractivity contribution in [2.45, 2.75) is 12.5 Å². The number of nitriles is 1. The quantitative estimate of drug-likeness (QED) is 0.745. The molecule has 0 aliphatic heterocycles. The van der Waals surface area contributed by atoms with Gasteiger partial charge in [-0.15, -0.1) is 0 Å². The lowest BCUT2D eigenvalue weighted by atomic mass is 10.1. The fraction of sp³-hybridized carbons (Fsp3) is 0.357. The van der Waals surface area contributed by atoms with E-state index in [1.54, 1.807) is 42.1 Å². The standard InChI is InChI=1S/C14H15BrN2O3S/c1-21-9-6-12(14(19)20-8-7-16)17-13(18)10-2-4-11(15)5-3-10/h2-5,12H,6,8-9H2,1H3,(H,17,18)/t12-/m1/s1. The Kier molecular flexibility index (Phi) is 7.87. The Hall–Kier alpha value is -1.52. The smallest absolute Gasteiger partial charge is 0.329 e. The molecular formula is C14H15BrN2O3S. The number of hydrogen-bond donors (Lipinski definition) is 1. The lowest BCUT2D eigenvalue weighted by Gasteiger charge is -2.16. The number of nitrogens with zero attached hydrogens (tertiary/aromatic N) is 1. The largest absolute Gasteiger partial charge is 0.449 e. The summed E-state index contributed by atoms with van der Waals surface area (Å²) < 4.78 is 5.64. The Morgan fingerprint density at radius 2 is 2.10 bits per heavy atom. The van der Waals surface area contributed by atoms with E-state index in [0.717, 1.165) is 4.47 Å². The van der Waals surface area contributed by atoms with Crippen LogP contribution < -0.4 is 5.32 Å². The fourth-order valence-corrected chi connectivity index (χ4v) is 2.27. The highest BCUT2D eigenvalue weighted by Gasteiger charge is 2.22. The molecule has 1 aromatic rings. The summed E-state index contributed by atoms with van der Waals surface area (Å²) in [5.41, 5.74) is 0.459. The zero-order chi connectivity index (χ0) is 15.7. The average molecular weight is 371 g/mol. The highest BCUT2D eigenvalue weighted by Crippen LogP contribution is 2.11. The number of halogens is 1. The number of carbonyl (C=O) groups excluding carboxylic acids is 2. The van der Waals surface area contributed by atoms with Crippen LogP contribution in [0.2, 0.25) is 0 Å². The molecule has 0 aromatic heterocycles. The number of benzene rings is 1. The van der Waals surface area contributed by atoms with Crippen LogP contribution in [0.5, 0.6) is 0 Å². The molecule has 0 fully saturated rings. The lowest BCUT2D eigenvalue weighted by molar-refractivity contribution is -0.144. The molecule has 1 aromatic carbocycles. The topological polar surface area (TPSA) is 79.2 Å². The number of hydrogen-bond acceptors (Lipinski definition) is 5. The van der Waals surface area contributed by atoms with Crippen molar-refractivity contribution in [1.82, 2.24) is 5.32 Å². The van der Waals surface area contributed by atoms with Gasteiger partial charge in [-0.3, -0.25) is 4.79 Å². The van der Waals surface area contributed by atoms with Crippen molar-refractivity contribution in [2.24, 2.45) is 0 Å². The third-order valence-electron chi connectivity index (χ3n) is 2.59. The van der Waals surface area contributed by atoms with Crippen LogP contribution in [0, 0.1) is 11.3 Å². The second-order valence-electron chi connectivity index (χ2n) is 4.08. The van der Waals surface area contributed by atoms with Crippen molar-refractivity contribution in [3.05, 3.63) is 34.3 Å². The van der Waals surface area contributed by atoms with E-state index in [2.05, 4.69) is 21.2 Å². The Morgan fingerprint density at radius 1 is 1.43 bits per heavy atom. The van der Waals surface area contributed by atoms with Crippen molar-refractivity contribution in [3.8, 4) is 6.07 Å². The molecule has 0 bridgehead atoms. The molecule has 112 valence electrons. The van der Waals surface area contributed by atoms with Gasteiger partial charge in [0.1, 0.15) is 12.1 Å². The predicted molar refractivity (Wildman–Crippen MR) is 85.0 cm³/mol. The second kappa shape index (κ2) is 9.42. The molecule has 21 heavy (non-hydrogen) atoms. The minimum absolute atomic E-state index is 0.317. The van der Waals surface area contributed by atoms with E-state index in [9.17, 15) is 9.59 Å². The Morgan fingerprint density at radius 3 is 2.67 bits per heavy atom. The molecule has 0 aliphatic rings. The molecule has 0 heterocycles. The number of rotatable bonds is 7. The molecule has 1 rings (SSSR count). The maximum absolute atomic E-state index is 12.1. The number of ether oxygens (including phenoxy) is 1. The molecule has 0 aliphatic carbocycles. The molecule has 1 amide bonds. The van der Waals surface area contributed by atoms with Crippen molar-refractivity contribution < 1.29 is 14.3 Å². The van der Waals surface area contributed by atoms with Crippen molar-refractivity contribution >= 4 is 39.6 Å². The van der Waals surface area contributed by atoms with Gasteiger partial charge in [0.05, 0.1) is 0 Å². The molecule has 1 N–H and O–H groups in total. The number of esters is 1. The zero-order valence-corrected chi connectivity index (χ0v) is 13.9. The minimum atomic E-state index is -0.748. The normalized spacial score (nSPS) is 11.3. The summed E-state index contributed by atoms with van der Waals surface area (Å²) in [5, 5.41) is 11.1. The van der Waals surface area contributed by atoms with E-state index >= 15 is 0 Å². The molecule has 0 saturated heterocycles. The van der Waals surface area contributed by atoms with Gasteiger partial charge in [0, 0.05) is 10.0 Å². The van der Waals surface area contributed by atoms with Gasteiger partial charge in [-0.25, -0.2) is 4.79 Å². The van der Waals surface area contributed by atoms with Crippen LogP contribution in [0.25, 0.3) is 0 Å². The van der Waals surface area contributed by atoms with Crippen LogP contribution in [0.15, 0.2) is 28.7 Å². The number of carbonyl (C=O) groups is 2.